The Bertz CT molecular complexity index is 1390. The average molecular weight is 689 g/mol. The van der Waals surface area contributed by atoms with Crippen LogP contribution >= 0.6 is 47.0 Å². The van der Waals surface area contributed by atoms with E-state index in [0.717, 1.165) is 31.3 Å². The summed E-state index contributed by atoms with van der Waals surface area (Å²) in [7, 11) is 0.907. The van der Waals surface area contributed by atoms with Gasteiger partial charge in [0.15, 0.2) is 0 Å². The van der Waals surface area contributed by atoms with Crippen LogP contribution in [-0.4, -0.2) is 41.6 Å². The molecule has 0 spiro atoms. The van der Waals surface area contributed by atoms with Crippen molar-refractivity contribution in [3.8, 4) is 0 Å². The first-order chi connectivity index (χ1) is 19.1. The Labute approximate surface area is 253 Å². The highest BCUT2D eigenvalue weighted by molar-refractivity contribution is 7.80. The highest BCUT2D eigenvalue weighted by Gasteiger charge is 2.53. The quantitative estimate of drug-likeness (QED) is 0.119. The third-order valence-electron chi connectivity index (χ3n) is 6.50. The van der Waals surface area contributed by atoms with Gasteiger partial charge in [0.2, 0.25) is 5.91 Å². The summed E-state index contributed by atoms with van der Waals surface area (Å²) < 4.78 is 137. The summed E-state index contributed by atoms with van der Waals surface area (Å²) in [6, 6.07) is 3.37. The van der Waals surface area contributed by atoms with Crippen molar-refractivity contribution < 1.29 is 48.7 Å². The first-order valence-corrected chi connectivity index (χ1v) is 13.3. The second-order valence-electron chi connectivity index (χ2n) is 9.75. The van der Waals surface area contributed by atoms with Gasteiger partial charge in [0.1, 0.15) is 18.3 Å². The molecule has 2 nitrogen and oxygen atoms in total. The van der Waals surface area contributed by atoms with Gasteiger partial charge in [0.25, 0.3) is 0 Å². The van der Waals surface area contributed by atoms with Crippen molar-refractivity contribution in [2.24, 2.45) is 5.41 Å². The Balaban J connectivity index is 1.97. The number of amides is 1. The van der Waals surface area contributed by atoms with E-state index in [1.165, 1.54) is 0 Å². The van der Waals surface area contributed by atoms with Gasteiger partial charge < -0.3 is 4.90 Å². The van der Waals surface area contributed by atoms with E-state index in [4.69, 9.17) is 47.0 Å². The molecule has 1 atom stereocenters. The van der Waals surface area contributed by atoms with Crippen molar-refractivity contribution in [1.29, 1.82) is 0 Å². The van der Waals surface area contributed by atoms with Crippen LogP contribution in [0.5, 0.6) is 0 Å². The summed E-state index contributed by atoms with van der Waals surface area (Å²) >= 11 is 22.5. The molecule has 2 aromatic carbocycles. The van der Waals surface area contributed by atoms with Crippen LogP contribution in [0.3, 0.4) is 0 Å². The molecule has 1 aliphatic rings. The second-order valence-corrected chi connectivity index (χ2v) is 11.4. The molecule has 1 aliphatic carbocycles. The first-order valence-electron chi connectivity index (χ1n) is 11.7. The van der Waals surface area contributed by atoms with Gasteiger partial charge in [-0.1, -0.05) is 59.2 Å². The summed E-state index contributed by atoms with van der Waals surface area (Å²) in [4.78, 5) is 12.6. The fourth-order valence-corrected chi connectivity index (χ4v) is 5.38. The van der Waals surface area contributed by atoms with E-state index < -0.39 is 81.7 Å². The summed E-state index contributed by atoms with van der Waals surface area (Å²) in [5, 5.41) is -0.984. The van der Waals surface area contributed by atoms with Crippen molar-refractivity contribution in [3.63, 3.8) is 0 Å². The summed E-state index contributed by atoms with van der Waals surface area (Å²) in [5.41, 5.74) is -5.07. The van der Waals surface area contributed by atoms with Gasteiger partial charge in [-0.15, -0.1) is 0 Å². The average Bonchev–Trinajstić information content (AvgIpc) is 3.62. The fraction of sp³-hybridized carbons (Fsp3) is 0.385. The van der Waals surface area contributed by atoms with Gasteiger partial charge >= 0.3 is 18.5 Å². The lowest BCUT2D eigenvalue weighted by atomic mass is 9.91. The predicted molar refractivity (Wildman–Crippen MR) is 142 cm³/mol. The Hall–Kier alpha value is -2.09. The SMILES string of the molecule is CN(CC(F)(F)F)C(=O)C1(CC(=S)c2ccc(/C(F)=C/C(c3cc(Cl)c(Cl)c(Cl)c3)C(F)(F)F)cc2C(F)(F)F)CC1. The summed E-state index contributed by atoms with van der Waals surface area (Å²) in [6.45, 7) is -1.57. The molecule has 3 rings (SSSR count). The summed E-state index contributed by atoms with van der Waals surface area (Å²) in [6.07, 6.45) is -15.2. The number of thiocarbonyl (C=S) groups is 1. The van der Waals surface area contributed by atoms with Crippen molar-refractivity contribution >= 4 is 63.6 Å². The van der Waals surface area contributed by atoms with Crippen LogP contribution < -0.4 is 0 Å². The summed E-state index contributed by atoms with van der Waals surface area (Å²) in [5.74, 6) is -5.28. The van der Waals surface area contributed by atoms with E-state index in [-0.39, 0.29) is 40.1 Å². The van der Waals surface area contributed by atoms with Crippen LogP contribution in [-0.2, 0) is 11.0 Å². The van der Waals surface area contributed by atoms with Crippen molar-refractivity contribution in [3.05, 3.63) is 73.7 Å². The first kappa shape index (κ1) is 34.4. The molecule has 42 heavy (non-hydrogen) atoms. The van der Waals surface area contributed by atoms with Crippen LogP contribution in [0, 0.1) is 5.41 Å². The third kappa shape index (κ3) is 8.09. The van der Waals surface area contributed by atoms with Gasteiger partial charge in [-0.05, 0) is 49.1 Å². The third-order valence-corrected chi connectivity index (χ3v) is 8.06. The minimum Gasteiger partial charge on any atom is -0.336 e. The van der Waals surface area contributed by atoms with Gasteiger partial charge in [0, 0.05) is 23.0 Å². The van der Waals surface area contributed by atoms with Gasteiger partial charge in [-0.25, -0.2) is 4.39 Å². The van der Waals surface area contributed by atoms with E-state index in [0.29, 0.717) is 4.90 Å². The number of halogens is 13. The van der Waals surface area contributed by atoms with Gasteiger partial charge in [0.05, 0.1) is 26.0 Å². The van der Waals surface area contributed by atoms with Crippen molar-refractivity contribution in [2.75, 3.05) is 13.6 Å². The molecular formula is C26H18Cl3F10NOS. The molecule has 1 saturated carbocycles. The van der Waals surface area contributed by atoms with Crippen LogP contribution in [0.15, 0.2) is 36.4 Å². The lowest BCUT2D eigenvalue weighted by Crippen LogP contribution is -2.41. The molecule has 230 valence electrons. The number of hydrogen-bond acceptors (Lipinski definition) is 2. The molecule has 0 bridgehead atoms. The molecule has 0 N–H and O–H groups in total. The number of carbonyl (C=O) groups is 1. The molecule has 1 fully saturated rings. The van der Waals surface area contributed by atoms with Gasteiger partial charge in [-0.3, -0.25) is 4.79 Å². The zero-order valence-corrected chi connectivity index (χ0v) is 24.1. The number of carbonyl (C=O) groups excluding carboxylic acids is 1. The van der Waals surface area contributed by atoms with E-state index in [1.807, 2.05) is 0 Å². The Morgan fingerprint density at radius 3 is 2.00 bits per heavy atom. The predicted octanol–water partition coefficient (Wildman–Crippen LogP) is 10.2. The smallest absolute Gasteiger partial charge is 0.336 e. The van der Waals surface area contributed by atoms with Gasteiger partial charge in [-0.2, -0.15) is 39.5 Å². The number of hydrogen-bond donors (Lipinski definition) is 0. The molecule has 0 radical (unpaired) electrons. The Kier molecular flexibility index (Phi) is 9.93. The molecule has 1 unspecified atom stereocenters. The number of allylic oxidation sites excluding steroid dienone is 1. The van der Waals surface area contributed by atoms with Crippen LogP contribution in [0.4, 0.5) is 43.9 Å². The zero-order valence-electron chi connectivity index (χ0n) is 21.0. The topological polar surface area (TPSA) is 20.3 Å². The second kappa shape index (κ2) is 12.1. The lowest BCUT2D eigenvalue weighted by molar-refractivity contribution is -0.161. The van der Waals surface area contributed by atoms with E-state index in [2.05, 4.69) is 0 Å². The Morgan fingerprint density at radius 2 is 1.55 bits per heavy atom. The highest BCUT2D eigenvalue weighted by atomic mass is 35.5. The van der Waals surface area contributed by atoms with E-state index >= 15 is 4.39 Å². The minimum absolute atomic E-state index is 0.0533. The van der Waals surface area contributed by atoms with Crippen LogP contribution in [0.25, 0.3) is 5.83 Å². The van der Waals surface area contributed by atoms with Crippen LogP contribution in [0.1, 0.15) is 47.4 Å². The maximum absolute atomic E-state index is 15.1. The lowest BCUT2D eigenvalue weighted by Gasteiger charge is -2.25. The number of alkyl halides is 9. The Morgan fingerprint density at radius 1 is 1.00 bits per heavy atom. The monoisotopic (exact) mass is 687 g/mol. The minimum atomic E-state index is -5.16. The maximum atomic E-state index is 15.1. The maximum Gasteiger partial charge on any atom is 0.417 e. The molecule has 0 saturated heterocycles. The van der Waals surface area contributed by atoms with Crippen molar-refractivity contribution in [1.82, 2.24) is 4.90 Å². The highest BCUT2D eigenvalue weighted by Crippen LogP contribution is 2.52. The van der Waals surface area contributed by atoms with E-state index in [9.17, 15) is 44.3 Å². The molecule has 0 aliphatic heterocycles. The largest absolute Gasteiger partial charge is 0.417 e. The van der Waals surface area contributed by atoms with E-state index in [1.54, 1.807) is 0 Å². The number of benzene rings is 2. The normalized spacial score (nSPS) is 16.3. The molecule has 1 amide bonds. The number of nitrogens with zero attached hydrogens (tertiary/aromatic N) is 1. The molecule has 0 heterocycles. The zero-order chi connectivity index (χ0) is 32.0. The molecule has 16 heteroatoms. The van der Waals surface area contributed by atoms with Crippen LogP contribution in [0.2, 0.25) is 15.1 Å². The standard InChI is InChI=1S/C26H18Cl3F10NOS/c1-40(11-24(31,32)33)22(41)23(4-5-23)10-20(42)14-3-2-12(6-16(14)26(37,38)39)19(30)9-15(25(34,35)36)13-7-17(27)21(29)18(28)8-13/h2-3,6-9,15H,4-5,10-11H2,1H3/b19-9-. The molecule has 0 aromatic heterocycles. The number of rotatable bonds is 8. The molecule has 2 aromatic rings. The van der Waals surface area contributed by atoms with Crippen molar-refractivity contribution in [2.45, 2.75) is 43.7 Å². The fourth-order valence-electron chi connectivity index (χ4n) is 4.31. The molecular weight excluding hydrogens is 671 g/mol.